The zero-order valence-electron chi connectivity index (χ0n) is 9.89. The molecule has 6 heteroatoms. The van der Waals surface area contributed by atoms with Crippen LogP contribution in [-0.4, -0.2) is 22.5 Å². The van der Waals surface area contributed by atoms with Crippen molar-refractivity contribution in [3.63, 3.8) is 0 Å². The Morgan fingerprint density at radius 1 is 1.44 bits per heavy atom. The van der Waals surface area contributed by atoms with E-state index in [0.717, 1.165) is 5.56 Å². The van der Waals surface area contributed by atoms with Crippen LogP contribution in [0.2, 0.25) is 5.02 Å². The number of nitro groups is 1. The lowest BCUT2D eigenvalue weighted by Gasteiger charge is -2.22. The number of benzene rings is 1. The molecule has 0 atom stereocenters. The van der Waals surface area contributed by atoms with Gasteiger partial charge in [0.1, 0.15) is 5.02 Å². The first-order chi connectivity index (χ1) is 8.66. The molecule has 4 nitrogen and oxygen atoms in total. The van der Waals surface area contributed by atoms with E-state index in [1.807, 2.05) is 17.8 Å². The molecule has 0 bridgehead atoms. The van der Waals surface area contributed by atoms with E-state index in [2.05, 4.69) is 5.32 Å². The summed E-state index contributed by atoms with van der Waals surface area (Å²) in [6.45, 7) is 0.660. The third kappa shape index (κ3) is 3.60. The van der Waals surface area contributed by atoms with Crippen molar-refractivity contribution in [3.05, 3.63) is 38.9 Å². The zero-order chi connectivity index (χ0) is 13.0. The molecule has 1 N–H and O–H groups in total. The predicted octanol–water partition coefficient (Wildman–Crippen LogP) is 3.23. The molecule has 0 aliphatic carbocycles. The van der Waals surface area contributed by atoms with Crippen LogP contribution in [-0.2, 0) is 6.54 Å². The van der Waals surface area contributed by atoms with Crippen molar-refractivity contribution in [2.24, 2.45) is 0 Å². The number of nitrogens with zero attached hydrogens (tertiary/aromatic N) is 1. The third-order valence-corrected chi connectivity index (χ3v) is 4.39. The molecule has 0 saturated carbocycles. The molecule has 1 aliphatic rings. The van der Waals surface area contributed by atoms with Gasteiger partial charge in [0, 0.05) is 18.7 Å². The molecule has 0 radical (unpaired) electrons. The maximum atomic E-state index is 10.8. The van der Waals surface area contributed by atoms with Crippen LogP contribution in [0.5, 0.6) is 0 Å². The van der Waals surface area contributed by atoms with Crippen LogP contribution in [0, 0.1) is 10.1 Å². The van der Waals surface area contributed by atoms with E-state index in [1.165, 1.54) is 24.3 Å². The molecule has 1 heterocycles. The van der Waals surface area contributed by atoms with E-state index in [4.69, 9.17) is 11.6 Å². The number of rotatable bonds is 4. The van der Waals surface area contributed by atoms with Crippen molar-refractivity contribution in [3.8, 4) is 0 Å². The van der Waals surface area contributed by atoms with Gasteiger partial charge in [0.15, 0.2) is 0 Å². The summed E-state index contributed by atoms with van der Waals surface area (Å²) in [5, 5.41) is 14.4. The molecular formula is C12H15ClN2O2S. The molecular weight excluding hydrogens is 272 g/mol. The lowest BCUT2D eigenvalue weighted by atomic mass is 10.1. The Morgan fingerprint density at radius 2 is 2.17 bits per heavy atom. The Morgan fingerprint density at radius 3 is 2.83 bits per heavy atom. The second-order valence-electron chi connectivity index (χ2n) is 4.31. The van der Waals surface area contributed by atoms with Gasteiger partial charge in [-0.05, 0) is 36.0 Å². The molecule has 0 spiro atoms. The Hall–Kier alpha value is -0.780. The fourth-order valence-corrected chi connectivity index (χ4v) is 3.27. The van der Waals surface area contributed by atoms with Crippen LogP contribution >= 0.6 is 23.4 Å². The summed E-state index contributed by atoms with van der Waals surface area (Å²) in [6.07, 6.45) is 2.33. The number of nitro benzene ring substituents is 1. The topological polar surface area (TPSA) is 55.2 Å². The standard InChI is InChI=1S/C12H15ClN2O2S/c13-11-2-1-9(7-12(11)15(16)17)8-14-10-3-5-18-6-4-10/h1-2,7,10,14H,3-6,8H2. The number of hydrogen-bond donors (Lipinski definition) is 1. The molecule has 1 aliphatic heterocycles. The summed E-state index contributed by atoms with van der Waals surface area (Å²) in [5.74, 6) is 2.39. The summed E-state index contributed by atoms with van der Waals surface area (Å²) >= 11 is 7.76. The van der Waals surface area contributed by atoms with Gasteiger partial charge < -0.3 is 5.32 Å². The quantitative estimate of drug-likeness (QED) is 0.682. The first kappa shape index (κ1) is 13.6. The summed E-state index contributed by atoms with van der Waals surface area (Å²) in [7, 11) is 0. The predicted molar refractivity (Wildman–Crippen MR) is 75.3 cm³/mol. The maximum Gasteiger partial charge on any atom is 0.288 e. The van der Waals surface area contributed by atoms with E-state index in [-0.39, 0.29) is 10.7 Å². The summed E-state index contributed by atoms with van der Waals surface area (Å²) < 4.78 is 0. The highest BCUT2D eigenvalue weighted by Gasteiger charge is 2.15. The average molecular weight is 287 g/mol. The highest BCUT2D eigenvalue weighted by Crippen LogP contribution is 2.25. The van der Waals surface area contributed by atoms with Gasteiger partial charge in [0.25, 0.3) is 5.69 Å². The molecule has 0 amide bonds. The van der Waals surface area contributed by atoms with E-state index in [0.29, 0.717) is 12.6 Å². The molecule has 1 fully saturated rings. The molecule has 1 aromatic rings. The minimum atomic E-state index is -0.441. The SMILES string of the molecule is O=[N+]([O-])c1cc(CNC2CCSCC2)ccc1Cl. The van der Waals surface area contributed by atoms with Crippen molar-refractivity contribution in [2.45, 2.75) is 25.4 Å². The van der Waals surface area contributed by atoms with Gasteiger partial charge in [-0.2, -0.15) is 11.8 Å². The molecule has 0 aromatic heterocycles. The first-order valence-corrected chi connectivity index (χ1v) is 7.44. The Balaban J connectivity index is 1.96. The minimum absolute atomic E-state index is 0.0184. The maximum absolute atomic E-state index is 10.8. The van der Waals surface area contributed by atoms with Gasteiger partial charge in [-0.15, -0.1) is 0 Å². The highest BCUT2D eigenvalue weighted by atomic mass is 35.5. The number of nitrogens with one attached hydrogen (secondary N) is 1. The lowest BCUT2D eigenvalue weighted by molar-refractivity contribution is -0.384. The van der Waals surface area contributed by atoms with E-state index in [1.54, 1.807) is 12.1 Å². The fourth-order valence-electron chi connectivity index (χ4n) is 1.97. The van der Waals surface area contributed by atoms with Crippen LogP contribution in [0.25, 0.3) is 0 Å². The van der Waals surface area contributed by atoms with Crippen LogP contribution < -0.4 is 5.32 Å². The normalized spacial score (nSPS) is 16.7. The van der Waals surface area contributed by atoms with Gasteiger partial charge >= 0.3 is 0 Å². The van der Waals surface area contributed by atoms with Crippen LogP contribution in [0.1, 0.15) is 18.4 Å². The average Bonchev–Trinajstić information content (AvgIpc) is 2.38. The number of thioether (sulfide) groups is 1. The van der Waals surface area contributed by atoms with Crippen molar-refractivity contribution in [1.29, 1.82) is 0 Å². The Kier molecular flexibility index (Phi) is 4.86. The van der Waals surface area contributed by atoms with E-state index in [9.17, 15) is 10.1 Å². The number of halogens is 1. The smallest absolute Gasteiger partial charge is 0.288 e. The van der Waals surface area contributed by atoms with Crippen molar-refractivity contribution >= 4 is 29.1 Å². The summed E-state index contributed by atoms with van der Waals surface area (Å²) in [5.41, 5.74) is 0.888. The Labute approximate surface area is 115 Å². The van der Waals surface area contributed by atoms with E-state index >= 15 is 0 Å². The van der Waals surface area contributed by atoms with Crippen LogP contribution in [0.4, 0.5) is 5.69 Å². The second-order valence-corrected chi connectivity index (χ2v) is 5.94. The largest absolute Gasteiger partial charge is 0.310 e. The van der Waals surface area contributed by atoms with Crippen LogP contribution in [0.15, 0.2) is 18.2 Å². The monoisotopic (exact) mass is 286 g/mol. The van der Waals surface area contributed by atoms with Gasteiger partial charge in [-0.3, -0.25) is 10.1 Å². The lowest BCUT2D eigenvalue weighted by Crippen LogP contribution is -2.32. The summed E-state index contributed by atoms with van der Waals surface area (Å²) in [6, 6.07) is 5.50. The highest BCUT2D eigenvalue weighted by molar-refractivity contribution is 7.99. The second kappa shape index (κ2) is 6.41. The fraction of sp³-hybridized carbons (Fsp3) is 0.500. The molecule has 2 rings (SSSR count). The zero-order valence-corrected chi connectivity index (χ0v) is 11.5. The molecule has 0 unspecified atom stereocenters. The third-order valence-electron chi connectivity index (χ3n) is 3.02. The van der Waals surface area contributed by atoms with Crippen molar-refractivity contribution in [2.75, 3.05) is 11.5 Å². The van der Waals surface area contributed by atoms with Crippen molar-refractivity contribution in [1.82, 2.24) is 5.32 Å². The molecule has 18 heavy (non-hydrogen) atoms. The van der Waals surface area contributed by atoms with Gasteiger partial charge in [0.05, 0.1) is 4.92 Å². The van der Waals surface area contributed by atoms with Crippen LogP contribution in [0.3, 0.4) is 0 Å². The minimum Gasteiger partial charge on any atom is -0.310 e. The molecule has 1 saturated heterocycles. The molecule has 98 valence electrons. The number of hydrogen-bond acceptors (Lipinski definition) is 4. The first-order valence-electron chi connectivity index (χ1n) is 5.91. The molecule has 1 aromatic carbocycles. The van der Waals surface area contributed by atoms with E-state index < -0.39 is 4.92 Å². The van der Waals surface area contributed by atoms with Crippen molar-refractivity contribution < 1.29 is 4.92 Å². The summed E-state index contributed by atoms with van der Waals surface area (Å²) in [4.78, 5) is 10.3. The van der Waals surface area contributed by atoms with Gasteiger partial charge in [-0.1, -0.05) is 17.7 Å². The van der Waals surface area contributed by atoms with Gasteiger partial charge in [-0.25, -0.2) is 0 Å². The van der Waals surface area contributed by atoms with Gasteiger partial charge in [0.2, 0.25) is 0 Å². The Bertz CT molecular complexity index is 436.